The van der Waals surface area contributed by atoms with Crippen molar-refractivity contribution in [2.24, 2.45) is 11.8 Å². The molecule has 4 nitrogen and oxygen atoms in total. The molecular formula is C15H17F3N2O2. The number of halogens is 3. The maximum atomic E-state index is 12.5. The number of likely N-dealkylation sites (tertiary alicyclic amines) is 1. The number of hydrogen-bond acceptors (Lipinski definition) is 2. The van der Waals surface area contributed by atoms with Gasteiger partial charge in [0.25, 0.3) is 0 Å². The van der Waals surface area contributed by atoms with Gasteiger partial charge in [0.2, 0.25) is 0 Å². The van der Waals surface area contributed by atoms with Crippen molar-refractivity contribution in [3.63, 3.8) is 0 Å². The molecule has 0 aromatic heterocycles. The van der Waals surface area contributed by atoms with Crippen molar-refractivity contribution in [2.45, 2.75) is 25.1 Å². The van der Waals surface area contributed by atoms with Crippen LogP contribution in [0.1, 0.15) is 18.4 Å². The van der Waals surface area contributed by atoms with E-state index >= 15 is 0 Å². The van der Waals surface area contributed by atoms with Crippen LogP contribution in [-0.4, -0.2) is 35.2 Å². The lowest BCUT2D eigenvalue weighted by Gasteiger charge is -2.17. The Hall–Kier alpha value is -1.76. The summed E-state index contributed by atoms with van der Waals surface area (Å²) in [7, 11) is 0. The van der Waals surface area contributed by atoms with E-state index in [2.05, 4.69) is 5.32 Å². The number of carbonyl (C=O) groups excluding carboxylic acids is 1. The molecule has 0 spiro atoms. The summed E-state index contributed by atoms with van der Waals surface area (Å²) in [4.78, 5) is 13.6. The lowest BCUT2D eigenvalue weighted by molar-refractivity contribution is -0.137. The number of nitrogens with one attached hydrogen (secondary N) is 1. The van der Waals surface area contributed by atoms with Crippen LogP contribution >= 0.6 is 0 Å². The van der Waals surface area contributed by atoms with Crippen molar-refractivity contribution in [1.29, 1.82) is 0 Å². The van der Waals surface area contributed by atoms with Crippen molar-refractivity contribution in [3.05, 3.63) is 29.8 Å². The molecule has 1 aromatic rings. The third-order valence-corrected chi connectivity index (χ3v) is 4.31. The van der Waals surface area contributed by atoms with Gasteiger partial charge in [-0.2, -0.15) is 13.2 Å². The van der Waals surface area contributed by atoms with Crippen LogP contribution in [0.4, 0.5) is 23.7 Å². The summed E-state index contributed by atoms with van der Waals surface area (Å²) in [5.41, 5.74) is -0.446. The number of hydrogen-bond donors (Lipinski definition) is 2. The quantitative estimate of drug-likeness (QED) is 0.882. The van der Waals surface area contributed by atoms with Crippen LogP contribution in [-0.2, 0) is 6.18 Å². The zero-order chi connectivity index (χ0) is 15.9. The number of amides is 2. The summed E-state index contributed by atoms with van der Waals surface area (Å²) in [5.74, 6) is 0.622. The SMILES string of the molecule is O=C(Nc1ccc(C(F)(F)F)cc1)N1C[C@@H](O)[C@H](C2CC2)C1. The van der Waals surface area contributed by atoms with Gasteiger partial charge in [-0.1, -0.05) is 0 Å². The first-order valence-electron chi connectivity index (χ1n) is 7.26. The van der Waals surface area contributed by atoms with Crippen LogP contribution in [0.25, 0.3) is 0 Å². The smallest absolute Gasteiger partial charge is 0.391 e. The molecule has 2 amide bonds. The van der Waals surface area contributed by atoms with Gasteiger partial charge in [-0.15, -0.1) is 0 Å². The van der Waals surface area contributed by atoms with E-state index in [9.17, 15) is 23.1 Å². The Morgan fingerprint density at radius 2 is 1.82 bits per heavy atom. The molecule has 1 aliphatic carbocycles. The number of anilines is 1. The summed E-state index contributed by atoms with van der Waals surface area (Å²) >= 11 is 0. The summed E-state index contributed by atoms with van der Waals surface area (Å²) in [5, 5.41) is 12.5. The Morgan fingerprint density at radius 1 is 1.18 bits per heavy atom. The van der Waals surface area contributed by atoms with Gasteiger partial charge in [-0.3, -0.25) is 0 Å². The number of benzene rings is 1. The van der Waals surface area contributed by atoms with Gasteiger partial charge in [-0.25, -0.2) is 4.79 Å². The second-order valence-electron chi connectivity index (χ2n) is 5.98. The van der Waals surface area contributed by atoms with Gasteiger partial charge in [0.15, 0.2) is 0 Å². The number of alkyl halides is 3. The third-order valence-electron chi connectivity index (χ3n) is 4.31. The standard InChI is InChI=1S/C15H17F3N2O2/c16-15(17,18)10-3-5-11(6-4-10)19-14(22)20-7-12(9-1-2-9)13(21)8-20/h3-6,9,12-13,21H,1-2,7-8H2,(H,19,22)/t12-,13+/m0/s1. The van der Waals surface area contributed by atoms with Crippen molar-refractivity contribution in [3.8, 4) is 0 Å². The summed E-state index contributed by atoms with van der Waals surface area (Å²) in [6.45, 7) is 0.770. The zero-order valence-corrected chi connectivity index (χ0v) is 11.8. The molecule has 1 aromatic carbocycles. The van der Waals surface area contributed by atoms with Crippen molar-refractivity contribution >= 4 is 11.7 Å². The number of carbonyl (C=O) groups is 1. The van der Waals surface area contributed by atoms with Gasteiger partial charge >= 0.3 is 12.2 Å². The van der Waals surface area contributed by atoms with E-state index in [-0.39, 0.29) is 18.5 Å². The van der Waals surface area contributed by atoms with Gasteiger partial charge in [0.05, 0.1) is 11.7 Å². The molecule has 120 valence electrons. The molecule has 22 heavy (non-hydrogen) atoms. The minimum absolute atomic E-state index is 0.123. The van der Waals surface area contributed by atoms with Gasteiger partial charge in [0.1, 0.15) is 0 Å². The van der Waals surface area contributed by atoms with E-state index in [1.165, 1.54) is 17.0 Å². The van der Waals surface area contributed by atoms with Gasteiger partial charge in [0, 0.05) is 24.7 Å². The van der Waals surface area contributed by atoms with Crippen LogP contribution in [0.3, 0.4) is 0 Å². The van der Waals surface area contributed by atoms with E-state index in [4.69, 9.17) is 0 Å². The molecular weight excluding hydrogens is 297 g/mol. The number of β-amino-alcohol motifs (C(OH)–C–C–N with tert-alkyl or cyclic N) is 1. The number of urea groups is 1. The maximum Gasteiger partial charge on any atom is 0.416 e. The molecule has 1 aliphatic heterocycles. The van der Waals surface area contributed by atoms with E-state index in [0.29, 0.717) is 18.2 Å². The lowest BCUT2D eigenvalue weighted by atomic mass is 10.0. The second-order valence-corrected chi connectivity index (χ2v) is 5.98. The zero-order valence-electron chi connectivity index (χ0n) is 11.8. The first-order chi connectivity index (χ1) is 10.3. The van der Waals surface area contributed by atoms with Gasteiger partial charge in [-0.05, 0) is 43.0 Å². The normalized spacial score (nSPS) is 25.4. The highest BCUT2D eigenvalue weighted by Gasteiger charge is 2.43. The predicted octanol–water partition coefficient (Wildman–Crippen LogP) is 2.94. The first-order valence-corrected chi connectivity index (χ1v) is 7.26. The van der Waals surface area contributed by atoms with Crippen LogP contribution in [0.15, 0.2) is 24.3 Å². The molecule has 2 aliphatic rings. The minimum Gasteiger partial charge on any atom is -0.391 e. The molecule has 2 fully saturated rings. The van der Waals surface area contributed by atoms with Crippen molar-refractivity contribution in [2.75, 3.05) is 18.4 Å². The fraction of sp³-hybridized carbons (Fsp3) is 0.533. The largest absolute Gasteiger partial charge is 0.416 e. The Kier molecular flexibility index (Phi) is 3.76. The van der Waals surface area contributed by atoms with E-state index in [1.807, 2.05) is 0 Å². The topological polar surface area (TPSA) is 52.6 Å². The van der Waals surface area contributed by atoms with E-state index < -0.39 is 17.8 Å². The fourth-order valence-electron chi connectivity index (χ4n) is 2.91. The van der Waals surface area contributed by atoms with Crippen LogP contribution < -0.4 is 5.32 Å². The number of aliphatic hydroxyl groups is 1. The first kappa shape index (κ1) is 15.1. The summed E-state index contributed by atoms with van der Waals surface area (Å²) in [6.07, 6.45) is -2.71. The van der Waals surface area contributed by atoms with E-state index in [0.717, 1.165) is 25.0 Å². The fourth-order valence-corrected chi connectivity index (χ4v) is 2.91. The minimum atomic E-state index is -4.39. The molecule has 2 N–H and O–H groups in total. The van der Waals surface area contributed by atoms with Crippen molar-refractivity contribution in [1.82, 2.24) is 4.90 Å². The Labute approximate surface area is 125 Å². The molecule has 1 heterocycles. The molecule has 0 bridgehead atoms. The average Bonchev–Trinajstić information content (AvgIpc) is 3.21. The molecule has 3 rings (SSSR count). The monoisotopic (exact) mass is 314 g/mol. The highest BCUT2D eigenvalue weighted by molar-refractivity contribution is 5.89. The summed E-state index contributed by atoms with van der Waals surface area (Å²) in [6, 6.07) is 3.93. The Morgan fingerprint density at radius 3 is 2.36 bits per heavy atom. The van der Waals surface area contributed by atoms with Crippen molar-refractivity contribution < 1.29 is 23.1 Å². The predicted molar refractivity (Wildman–Crippen MR) is 74.3 cm³/mol. The van der Waals surface area contributed by atoms with Crippen LogP contribution in [0, 0.1) is 11.8 Å². The van der Waals surface area contributed by atoms with Gasteiger partial charge < -0.3 is 15.3 Å². The number of aliphatic hydroxyl groups excluding tert-OH is 1. The third kappa shape index (κ3) is 3.19. The molecule has 0 unspecified atom stereocenters. The molecule has 1 saturated carbocycles. The molecule has 1 saturated heterocycles. The molecule has 7 heteroatoms. The lowest BCUT2D eigenvalue weighted by Crippen LogP contribution is -2.33. The molecule has 2 atom stereocenters. The Balaban J connectivity index is 1.60. The highest BCUT2D eigenvalue weighted by Crippen LogP contribution is 2.41. The van der Waals surface area contributed by atoms with Crippen LogP contribution in [0.5, 0.6) is 0 Å². The highest BCUT2D eigenvalue weighted by atomic mass is 19.4. The summed E-state index contributed by atoms with van der Waals surface area (Å²) < 4.78 is 37.4. The van der Waals surface area contributed by atoms with Crippen LogP contribution in [0.2, 0.25) is 0 Å². The van der Waals surface area contributed by atoms with E-state index in [1.54, 1.807) is 0 Å². The maximum absolute atomic E-state index is 12.5. The second kappa shape index (κ2) is 5.46. The number of nitrogens with zero attached hydrogens (tertiary/aromatic N) is 1. The Bertz CT molecular complexity index is 555. The number of rotatable bonds is 2. The average molecular weight is 314 g/mol. The molecule has 0 radical (unpaired) electrons.